The van der Waals surface area contributed by atoms with Gasteiger partial charge in [0.2, 0.25) is 0 Å². The van der Waals surface area contributed by atoms with Gasteiger partial charge >= 0.3 is 6.09 Å². The van der Waals surface area contributed by atoms with E-state index in [-0.39, 0.29) is 12.1 Å². The van der Waals surface area contributed by atoms with Crippen molar-refractivity contribution in [3.05, 3.63) is 21.9 Å². The molecule has 0 spiro atoms. The smallest absolute Gasteiger partial charge is 0.410 e. The van der Waals surface area contributed by atoms with Crippen molar-refractivity contribution in [3.63, 3.8) is 0 Å². The van der Waals surface area contributed by atoms with Gasteiger partial charge in [0.1, 0.15) is 11.1 Å². The minimum Gasteiger partial charge on any atom is -0.444 e. The van der Waals surface area contributed by atoms with Crippen LogP contribution < -0.4 is 4.90 Å². The summed E-state index contributed by atoms with van der Waals surface area (Å²) in [5, 5.41) is 0.331. The molecular formula is C17H21BrClN5O2. The van der Waals surface area contributed by atoms with Gasteiger partial charge in [-0.2, -0.15) is 0 Å². The van der Waals surface area contributed by atoms with Gasteiger partial charge in [-0.3, -0.25) is 0 Å². The van der Waals surface area contributed by atoms with Gasteiger partial charge in [-0.15, -0.1) is 0 Å². The van der Waals surface area contributed by atoms with E-state index in [1.807, 2.05) is 31.7 Å². The van der Waals surface area contributed by atoms with E-state index in [1.165, 1.54) is 0 Å². The second-order valence-corrected chi connectivity index (χ2v) is 8.59. The van der Waals surface area contributed by atoms with E-state index in [2.05, 4.69) is 30.9 Å². The maximum Gasteiger partial charge on any atom is 0.410 e. The zero-order valence-corrected chi connectivity index (χ0v) is 17.5. The molecule has 0 bridgehead atoms. The van der Waals surface area contributed by atoms with Crippen molar-refractivity contribution >= 4 is 50.6 Å². The molecule has 140 valence electrons. The van der Waals surface area contributed by atoms with Gasteiger partial charge < -0.3 is 14.5 Å². The molecule has 0 aliphatic carbocycles. The molecule has 0 radical (unpaired) electrons. The van der Waals surface area contributed by atoms with Crippen LogP contribution in [-0.2, 0) is 4.74 Å². The molecule has 26 heavy (non-hydrogen) atoms. The lowest BCUT2D eigenvalue weighted by molar-refractivity contribution is 0.0238. The normalized spacial score (nSPS) is 17.6. The predicted octanol–water partition coefficient (Wildman–Crippen LogP) is 3.89. The molecule has 9 heteroatoms. The van der Waals surface area contributed by atoms with Gasteiger partial charge in [0.25, 0.3) is 0 Å². The fourth-order valence-corrected chi connectivity index (χ4v) is 3.40. The highest BCUT2D eigenvalue weighted by Crippen LogP contribution is 2.29. The molecule has 0 unspecified atom stereocenters. The highest BCUT2D eigenvalue weighted by Gasteiger charge is 2.32. The van der Waals surface area contributed by atoms with E-state index in [0.717, 1.165) is 17.4 Å². The van der Waals surface area contributed by atoms with Crippen molar-refractivity contribution in [1.29, 1.82) is 0 Å². The Morgan fingerprint density at radius 2 is 2.15 bits per heavy atom. The molecule has 1 atom stereocenters. The number of amides is 1. The topological polar surface area (TPSA) is 71.5 Å². The van der Waals surface area contributed by atoms with Crippen LogP contribution in [0.2, 0.25) is 5.15 Å². The van der Waals surface area contributed by atoms with Crippen molar-refractivity contribution < 1.29 is 9.53 Å². The summed E-state index contributed by atoms with van der Waals surface area (Å²) >= 11 is 9.72. The number of fused-ring (bicyclic) bond motifs is 1. The fraction of sp³-hybridized carbons (Fsp3) is 0.529. The molecule has 2 aromatic heterocycles. The lowest BCUT2D eigenvalue weighted by Crippen LogP contribution is -2.42. The molecule has 0 N–H and O–H groups in total. The summed E-state index contributed by atoms with van der Waals surface area (Å²) < 4.78 is 6.27. The Morgan fingerprint density at radius 1 is 1.42 bits per heavy atom. The minimum atomic E-state index is -0.517. The first-order chi connectivity index (χ1) is 12.1. The number of likely N-dealkylation sites (N-methyl/N-ethyl adjacent to an activating group) is 1. The third kappa shape index (κ3) is 4.17. The predicted molar refractivity (Wildman–Crippen MR) is 105 cm³/mol. The Labute approximate surface area is 165 Å². The number of ether oxygens (including phenoxy) is 1. The maximum atomic E-state index is 12.3. The number of carbonyl (C=O) groups excluding carboxylic acids is 1. The number of hydrogen-bond donors (Lipinski definition) is 0. The van der Waals surface area contributed by atoms with Crippen LogP contribution in [0.1, 0.15) is 27.2 Å². The molecule has 0 saturated carbocycles. The highest BCUT2D eigenvalue weighted by atomic mass is 79.9. The van der Waals surface area contributed by atoms with Gasteiger partial charge in [-0.05, 0) is 49.2 Å². The quantitative estimate of drug-likeness (QED) is 0.703. The van der Waals surface area contributed by atoms with Gasteiger partial charge in [0.05, 0.1) is 6.04 Å². The average molecular weight is 443 g/mol. The Hall–Kier alpha value is -1.67. The number of pyridine rings is 1. The second-order valence-electron chi connectivity index (χ2n) is 7.31. The van der Waals surface area contributed by atoms with Crippen molar-refractivity contribution in [1.82, 2.24) is 19.9 Å². The van der Waals surface area contributed by atoms with Crippen LogP contribution in [-0.4, -0.2) is 57.7 Å². The first-order valence-electron chi connectivity index (χ1n) is 8.33. The summed E-state index contributed by atoms with van der Waals surface area (Å²) in [7, 11) is 1.76. The summed E-state index contributed by atoms with van der Waals surface area (Å²) in [4.78, 5) is 29.2. The zero-order chi connectivity index (χ0) is 19.1. The van der Waals surface area contributed by atoms with Crippen LogP contribution in [0.4, 0.5) is 10.6 Å². The van der Waals surface area contributed by atoms with Crippen LogP contribution in [0.5, 0.6) is 0 Å². The van der Waals surface area contributed by atoms with E-state index in [9.17, 15) is 4.79 Å². The zero-order valence-electron chi connectivity index (χ0n) is 15.2. The number of carbonyl (C=O) groups is 1. The molecule has 1 aliphatic rings. The second kappa shape index (κ2) is 7.15. The summed E-state index contributed by atoms with van der Waals surface area (Å²) in [5.74, 6) is 0.592. The van der Waals surface area contributed by atoms with Crippen molar-refractivity contribution in [2.75, 3.05) is 25.0 Å². The van der Waals surface area contributed by atoms with E-state index in [4.69, 9.17) is 16.3 Å². The molecule has 2 aromatic rings. The van der Waals surface area contributed by atoms with E-state index >= 15 is 0 Å². The first kappa shape index (κ1) is 19.1. The molecule has 1 saturated heterocycles. The Morgan fingerprint density at radius 3 is 2.85 bits per heavy atom. The molecule has 3 rings (SSSR count). The molecule has 1 aliphatic heterocycles. The average Bonchev–Trinajstić information content (AvgIpc) is 3.01. The summed E-state index contributed by atoms with van der Waals surface area (Å²) in [6, 6.07) is 1.85. The number of nitrogens with zero attached hydrogens (tertiary/aromatic N) is 5. The minimum absolute atomic E-state index is 0.0243. The molecule has 3 heterocycles. The van der Waals surface area contributed by atoms with E-state index in [1.54, 1.807) is 18.1 Å². The van der Waals surface area contributed by atoms with Crippen molar-refractivity contribution in [3.8, 4) is 0 Å². The van der Waals surface area contributed by atoms with Gasteiger partial charge in [-0.1, -0.05) is 11.6 Å². The lowest BCUT2D eigenvalue weighted by atomic mass is 10.2. The largest absolute Gasteiger partial charge is 0.444 e. The van der Waals surface area contributed by atoms with Crippen molar-refractivity contribution in [2.45, 2.75) is 38.8 Å². The number of rotatable bonds is 2. The van der Waals surface area contributed by atoms with Crippen LogP contribution >= 0.6 is 27.5 Å². The molecule has 1 amide bonds. The van der Waals surface area contributed by atoms with E-state index < -0.39 is 5.60 Å². The van der Waals surface area contributed by atoms with Crippen LogP contribution in [0.15, 0.2) is 16.7 Å². The molecule has 1 fully saturated rings. The maximum absolute atomic E-state index is 12.3. The van der Waals surface area contributed by atoms with Gasteiger partial charge in [-0.25, -0.2) is 19.7 Å². The third-order valence-corrected chi connectivity index (χ3v) is 4.81. The monoisotopic (exact) mass is 441 g/mol. The number of hydrogen-bond acceptors (Lipinski definition) is 6. The Kier molecular flexibility index (Phi) is 5.25. The number of halogens is 2. The Bertz CT molecular complexity index is 842. The van der Waals surface area contributed by atoms with E-state index in [0.29, 0.717) is 28.7 Å². The van der Waals surface area contributed by atoms with Crippen LogP contribution in [0, 0.1) is 0 Å². The summed E-state index contributed by atoms with van der Waals surface area (Å²) in [6.07, 6.45) is 2.16. The van der Waals surface area contributed by atoms with Crippen LogP contribution in [0.3, 0.4) is 0 Å². The summed E-state index contributed by atoms with van der Waals surface area (Å²) in [6.45, 7) is 6.92. The molecular weight excluding hydrogens is 422 g/mol. The molecule has 0 aromatic carbocycles. The highest BCUT2D eigenvalue weighted by molar-refractivity contribution is 9.10. The molecule has 7 nitrogen and oxygen atoms in total. The lowest BCUT2D eigenvalue weighted by Gasteiger charge is -2.28. The Balaban J connectivity index is 1.76. The van der Waals surface area contributed by atoms with Crippen LogP contribution in [0.25, 0.3) is 11.2 Å². The van der Waals surface area contributed by atoms with Gasteiger partial charge in [0, 0.05) is 30.8 Å². The third-order valence-electron chi connectivity index (χ3n) is 4.12. The summed E-state index contributed by atoms with van der Waals surface area (Å²) in [5.41, 5.74) is 0.655. The number of aromatic nitrogens is 3. The van der Waals surface area contributed by atoms with Crippen molar-refractivity contribution in [2.24, 2.45) is 0 Å². The number of anilines is 1. The SMILES string of the molecule is CN(C(=O)OC(C)(C)C)[C@H]1CCN(c2nc3ncc(Br)cc3nc2Cl)C1. The fourth-order valence-electron chi connectivity index (χ4n) is 2.83. The standard InChI is InChI=1S/C17H21BrClN5O2/c1-17(2,3)26-16(25)23(4)11-5-6-24(9-11)15-13(19)21-12-7-10(18)8-20-14(12)22-15/h7-8,11H,5-6,9H2,1-4H3/t11-/m0/s1. The first-order valence-corrected chi connectivity index (χ1v) is 9.51. The van der Waals surface area contributed by atoms with Gasteiger partial charge in [0.15, 0.2) is 16.6 Å².